The Hall–Kier alpha value is -4.19. The van der Waals surface area contributed by atoms with Crippen LogP contribution < -0.4 is 4.74 Å². The van der Waals surface area contributed by atoms with Crippen LogP contribution in [0.15, 0.2) is 51.5 Å². The van der Waals surface area contributed by atoms with Crippen LogP contribution in [0.4, 0.5) is 5.69 Å². The summed E-state index contributed by atoms with van der Waals surface area (Å²) in [6.07, 6.45) is 1.43. The monoisotopic (exact) mass is 393 g/mol. The number of rotatable bonds is 4. The molecule has 0 unspecified atom stereocenters. The van der Waals surface area contributed by atoms with Crippen LogP contribution in [0.25, 0.3) is 17.4 Å². The van der Waals surface area contributed by atoms with Crippen LogP contribution in [0.2, 0.25) is 0 Å². The van der Waals surface area contributed by atoms with Crippen molar-refractivity contribution in [3.8, 4) is 23.1 Å². The lowest BCUT2D eigenvalue weighted by Gasteiger charge is -2.23. The zero-order valence-electron chi connectivity index (χ0n) is 15.8. The molecule has 2 heterocycles. The number of nitro benzene ring substituents is 1. The van der Waals surface area contributed by atoms with Crippen molar-refractivity contribution in [3.63, 3.8) is 0 Å². The number of imide groups is 1. The van der Waals surface area contributed by atoms with Crippen molar-refractivity contribution >= 4 is 23.6 Å². The van der Waals surface area contributed by atoms with E-state index in [1.165, 1.54) is 39.3 Å². The van der Waals surface area contributed by atoms with Gasteiger partial charge in [0.1, 0.15) is 23.2 Å². The Balaban J connectivity index is 2.03. The predicted molar refractivity (Wildman–Crippen MR) is 101 cm³/mol. The topological polar surface area (TPSA) is 127 Å². The van der Waals surface area contributed by atoms with Gasteiger partial charge in [0.05, 0.1) is 12.0 Å². The van der Waals surface area contributed by atoms with E-state index in [4.69, 9.17) is 9.15 Å². The Morgan fingerprint density at radius 2 is 1.97 bits per heavy atom. The highest BCUT2D eigenvalue weighted by Crippen LogP contribution is 2.34. The summed E-state index contributed by atoms with van der Waals surface area (Å²) in [6, 6.07) is 9.40. The number of hydrogen-bond acceptors (Lipinski definition) is 7. The molecular weight excluding hydrogens is 378 g/mol. The zero-order valence-corrected chi connectivity index (χ0v) is 15.8. The van der Waals surface area contributed by atoms with Crippen molar-refractivity contribution in [1.82, 2.24) is 4.90 Å². The smallest absolute Gasteiger partial charge is 0.311 e. The molecule has 1 aliphatic heterocycles. The molecule has 0 aliphatic carbocycles. The molecule has 2 aromatic rings. The summed E-state index contributed by atoms with van der Waals surface area (Å²) in [5.41, 5.74) is 0.551. The van der Waals surface area contributed by atoms with E-state index in [1.807, 2.05) is 6.07 Å². The molecule has 3 rings (SSSR count). The van der Waals surface area contributed by atoms with Gasteiger partial charge in [-0.15, -0.1) is 0 Å². The molecule has 146 valence electrons. The van der Waals surface area contributed by atoms with Crippen LogP contribution in [0.5, 0.6) is 5.75 Å². The summed E-state index contributed by atoms with van der Waals surface area (Å²) >= 11 is 0. The first kappa shape index (κ1) is 19.6. The number of benzene rings is 1. The van der Waals surface area contributed by atoms with Gasteiger partial charge in [-0.3, -0.25) is 24.6 Å². The van der Waals surface area contributed by atoms with E-state index in [0.717, 1.165) is 4.90 Å². The Labute approximate surface area is 165 Å². The van der Waals surface area contributed by atoms with Crippen LogP contribution in [-0.4, -0.2) is 35.8 Å². The lowest BCUT2D eigenvalue weighted by atomic mass is 9.95. The number of ether oxygens (including phenoxy) is 1. The molecule has 0 saturated carbocycles. The molecule has 0 saturated heterocycles. The molecule has 9 nitrogen and oxygen atoms in total. The number of nitriles is 1. The van der Waals surface area contributed by atoms with Crippen molar-refractivity contribution in [1.29, 1.82) is 5.26 Å². The highest BCUT2D eigenvalue weighted by Gasteiger charge is 2.33. The lowest BCUT2D eigenvalue weighted by Crippen LogP contribution is -2.39. The molecule has 1 aromatic carbocycles. The second-order valence-corrected chi connectivity index (χ2v) is 6.18. The van der Waals surface area contributed by atoms with E-state index in [9.17, 15) is 25.0 Å². The van der Waals surface area contributed by atoms with Crippen LogP contribution in [0, 0.1) is 21.4 Å². The molecule has 1 aromatic heterocycles. The summed E-state index contributed by atoms with van der Waals surface area (Å²) in [6.45, 7) is 1.52. The second kappa shape index (κ2) is 7.44. The number of amides is 2. The van der Waals surface area contributed by atoms with Gasteiger partial charge in [0.15, 0.2) is 5.75 Å². The number of methoxy groups -OCH3 is 1. The Morgan fingerprint density at radius 3 is 2.59 bits per heavy atom. The highest BCUT2D eigenvalue weighted by atomic mass is 16.6. The summed E-state index contributed by atoms with van der Waals surface area (Å²) in [5, 5.41) is 20.4. The molecular formula is C20H15N3O6. The number of nitro groups is 1. The van der Waals surface area contributed by atoms with Crippen LogP contribution in [0.1, 0.15) is 12.7 Å². The minimum atomic E-state index is -0.655. The number of likely N-dealkylation sites (N-methyl/N-ethyl adjacent to an activating group) is 1. The predicted octanol–water partition coefficient (Wildman–Crippen LogP) is 3.09. The van der Waals surface area contributed by atoms with Gasteiger partial charge in [-0.1, -0.05) is 0 Å². The molecule has 0 atom stereocenters. The standard InChI is InChI=1S/C20H15N3O6/c1-11-14(19(24)22(2)20(25)15(11)10-21)9-13-5-7-17(29-13)12-4-6-18(28-3)16(8-12)23(26)27/h4-9H,1-3H3/b14-9+. The van der Waals surface area contributed by atoms with Crippen molar-refractivity contribution in [2.75, 3.05) is 14.2 Å². The van der Waals surface area contributed by atoms with E-state index < -0.39 is 16.7 Å². The maximum atomic E-state index is 12.4. The SMILES string of the molecule is COc1ccc(-c2ccc(/C=C3/C(=O)N(C)C(=O)C(C#N)=C3C)o2)cc1[N+](=O)[O-]. The molecule has 0 spiro atoms. The molecule has 0 radical (unpaired) electrons. The number of carbonyl (C=O) groups is 2. The molecule has 0 bridgehead atoms. The van der Waals surface area contributed by atoms with E-state index in [1.54, 1.807) is 18.2 Å². The van der Waals surface area contributed by atoms with Crippen molar-refractivity contribution in [2.24, 2.45) is 0 Å². The van der Waals surface area contributed by atoms with E-state index in [2.05, 4.69) is 0 Å². The number of hydrogen-bond donors (Lipinski definition) is 0. The molecule has 1 aliphatic rings. The third kappa shape index (κ3) is 3.39. The average molecular weight is 393 g/mol. The van der Waals surface area contributed by atoms with Crippen LogP contribution in [0.3, 0.4) is 0 Å². The highest BCUT2D eigenvalue weighted by molar-refractivity contribution is 6.19. The second-order valence-electron chi connectivity index (χ2n) is 6.18. The zero-order chi connectivity index (χ0) is 21.3. The van der Waals surface area contributed by atoms with Crippen molar-refractivity contribution < 1.29 is 23.7 Å². The lowest BCUT2D eigenvalue weighted by molar-refractivity contribution is -0.385. The third-order valence-corrected chi connectivity index (χ3v) is 4.52. The number of furan rings is 1. The van der Waals surface area contributed by atoms with Gasteiger partial charge in [0.2, 0.25) is 0 Å². The van der Waals surface area contributed by atoms with Gasteiger partial charge >= 0.3 is 5.69 Å². The van der Waals surface area contributed by atoms with Gasteiger partial charge in [0.25, 0.3) is 11.8 Å². The fraction of sp³-hybridized carbons (Fsp3) is 0.150. The van der Waals surface area contributed by atoms with E-state index in [-0.39, 0.29) is 28.2 Å². The summed E-state index contributed by atoms with van der Waals surface area (Å²) < 4.78 is 10.7. The summed E-state index contributed by atoms with van der Waals surface area (Å²) in [4.78, 5) is 36.0. The maximum absolute atomic E-state index is 12.4. The maximum Gasteiger partial charge on any atom is 0.311 e. The molecule has 0 N–H and O–H groups in total. The van der Waals surface area contributed by atoms with Gasteiger partial charge < -0.3 is 9.15 Å². The first-order valence-electron chi connectivity index (χ1n) is 8.36. The normalized spacial score (nSPS) is 15.7. The minimum Gasteiger partial charge on any atom is -0.490 e. The first-order chi connectivity index (χ1) is 13.8. The van der Waals surface area contributed by atoms with Crippen LogP contribution in [-0.2, 0) is 9.59 Å². The Kier molecular flexibility index (Phi) is 5.02. The first-order valence-corrected chi connectivity index (χ1v) is 8.36. The molecule has 9 heteroatoms. The fourth-order valence-electron chi connectivity index (χ4n) is 2.91. The number of nitrogens with zero attached hydrogens (tertiary/aromatic N) is 3. The molecule has 29 heavy (non-hydrogen) atoms. The van der Waals surface area contributed by atoms with E-state index in [0.29, 0.717) is 17.1 Å². The van der Waals surface area contributed by atoms with Gasteiger partial charge in [-0.05, 0) is 42.8 Å². The fourth-order valence-corrected chi connectivity index (χ4v) is 2.91. The van der Waals surface area contributed by atoms with E-state index >= 15 is 0 Å². The van der Waals surface area contributed by atoms with Gasteiger partial charge in [-0.2, -0.15) is 5.26 Å². The average Bonchev–Trinajstić information content (AvgIpc) is 3.18. The third-order valence-electron chi connectivity index (χ3n) is 4.52. The van der Waals surface area contributed by atoms with Gasteiger partial charge in [0, 0.05) is 24.3 Å². The summed E-state index contributed by atoms with van der Waals surface area (Å²) in [5.74, 6) is -0.445. The number of carbonyl (C=O) groups excluding carboxylic acids is 2. The minimum absolute atomic E-state index is 0.115. The molecule has 0 fully saturated rings. The van der Waals surface area contributed by atoms with Crippen molar-refractivity contribution in [3.05, 3.63) is 62.9 Å². The Morgan fingerprint density at radius 1 is 1.24 bits per heavy atom. The Bertz CT molecular complexity index is 1150. The van der Waals surface area contributed by atoms with Gasteiger partial charge in [-0.25, -0.2) is 0 Å². The summed E-state index contributed by atoms with van der Waals surface area (Å²) in [7, 11) is 2.64. The molecule has 2 amide bonds. The van der Waals surface area contributed by atoms with Crippen molar-refractivity contribution in [2.45, 2.75) is 6.92 Å². The van der Waals surface area contributed by atoms with Crippen LogP contribution >= 0.6 is 0 Å². The largest absolute Gasteiger partial charge is 0.490 e. The quantitative estimate of drug-likeness (QED) is 0.338.